The summed E-state index contributed by atoms with van der Waals surface area (Å²) in [5.41, 5.74) is 1.07. The first kappa shape index (κ1) is 12.1. The zero-order valence-electron chi connectivity index (χ0n) is 7.46. The quantitative estimate of drug-likeness (QED) is 0.730. The molecule has 0 aliphatic carbocycles. The van der Waals surface area contributed by atoms with Gasteiger partial charge in [0.2, 0.25) is 0 Å². The van der Waals surface area contributed by atoms with E-state index in [0.717, 1.165) is 22.2 Å². The zero-order chi connectivity index (χ0) is 8.55. The molecule has 0 bridgehead atoms. The molecule has 0 amide bonds. The van der Waals surface area contributed by atoms with Gasteiger partial charge in [-0.25, -0.2) is 0 Å². The SMILES string of the molecule is OC1CCSc2ccc(Br)cc21.[Na]. The van der Waals surface area contributed by atoms with Crippen LogP contribution in [0.2, 0.25) is 0 Å². The normalized spacial score (nSPS) is 20.3. The first-order valence-electron chi connectivity index (χ1n) is 3.87. The van der Waals surface area contributed by atoms with Gasteiger partial charge in [0, 0.05) is 44.7 Å². The zero-order valence-corrected chi connectivity index (χ0v) is 11.9. The fourth-order valence-corrected chi connectivity index (χ4v) is 2.81. The van der Waals surface area contributed by atoms with Crippen LogP contribution in [0.4, 0.5) is 0 Å². The van der Waals surface area contributed by atoms with Crippen LogP contribution in [0.5, 0.6) is 0 Å². The Morgan fingerprint density at radius 1 is 1.46 bits per heavy atom. The van der Waals surface area contributed by atoms with Crippen molar-refractivity contribution >= 4 is 57.2 Å². The van der Waals surface area contributed by atoms with Crippen LogP contribution in [0.1, 0.15) is 18.1 Å². The number of aliphatic hydroxyl groups excluding tert-OH is 1. The number of fused-ring (bicyclic) bond motifs is 1. The Kier molecular flexibility index (Phi) is 4.83. The average molecular weight is 268 g/mol. The largest absolute Gasteiger partial charge is 0.388 e. The Morgan fingerprint density at radius 2 is 2.23 bits per heavy atom. The third kappa shape index (κ3) is 2.74. The number of aliphatic hydroxyl groups is 1. The van der Waals surface area contributed by atoms with Crippen molar-refractivity contribution in [3.63, 3.8) is 0 Å². The molecule has 1 aromatic carbocycles. The van der Waals surface area contributed by atoms with E-state index in [2.05, 4.69) is 22.0 Å². The van der Waals surface area contributed by atoms with E-state index in [9.17, 15) is 5.11 Å². The Labute approximate surface area is 113 Å². The summed E-state index contributed by atoms with van der Waals surface area (Å²) in [5.74, 6) is 1.02. The maximum atomic E-state index is 9.65. The van der Waals surface area contributed by atoms with E-state index >= 15 is 0 Å². The molecule has 1 atom stereocenters. The van der Waals surface area contributed by atoms with Gasteiger partial charge in [-0.2, -0.15) is 0 Å². The van der Waals surface area contributed by atoms with Crippen molar-refractivity contribution in [3.8, 4) is 0 Å². The van der Waals surface area contributed by atoms with Crippen LogP contribution in [-0.4, -0.2) is 40.4 Å². The predicted molar refractivity (Wildman–Crippen MR) is 60.2 cm³/mol. The van der Waals surface area contributed by atoms with E-state index in [-0.39, 0.29) is 35.7 Å². The van der Waals surface area contributed by atoms with E-state index < -0.39 is 0 Å². The molecule has 1 heterocycles. The predicted octanol–water partition coefficient (Wildman–Crippen LogP) is 2.60. The minimum atomic E-state index is -0.265. The average Bonchev–Trinajstić information content (AvgIpc) is 2.07. The Morgan fingerprint density at radius 3 is 3.00 bits per heavy atom. The van der Waals surface area contributed by atoms with Crippen LogP contribution in [0, 0.1) is 0 Å². The molecule has 1 unspecified atom stereocenters. The van der Waals surface area contributed by atoms with Gasteiger partial charge in [-0.15, -0.1) is 11.8 Å². The van der Waals surface area contributed by atoms with Crippen LogP contribution in [0.25, 0.3) is 0 Å². The fourth-order valence-electron chi connectivity index (χ4n) is 1.35. The molecule has 4 heteroatoms. The van der Waals surface area contributed by atoms with Gasteiger partial charge >= 0.3 is 0 Å². The number of thioether (sulfide) groups is 1. The Bertz CT molecular complexity index is 306. The second-order valence-electron chi connectivity index (χ2n) is 2.84. The molecule has 13 heavy (non-hydrogen) atoms. The summed E-state index contributed by atoms with van der Waals surface area (Å²) >= 11 is 5.22. The molecule has 1 aliphatic heterocycles. The van der Waals surface area contributed by atoms with E-state index in [1.807, 2.05) is 23.9 Å². The van der Waals surface area contributed by atoms with Gasteiger partial charge < -0.3 is 5.11 Å². The maximum absolute atomic E-state index is 9.65. The summed E-state index contributed by atoms with van der Waals surface area (Å²) in [4.78, 5) is 1.22. The topological polar surface area (TPSA) is 20.2 Å². The van der Waals surface area contributed by atoms with Crippen molar-refractivity contribution in [2.45, 2.75) is 17.4 Å². The van der Waals surface area contributed by atoms with Crippen LogP contribution in [0.3, 0.4) is 0 Å². The summed E-state index contributed by atoms with van der Waals surface area (Å²) in [7, 11) is 0. The smallest absolute Gasteiger partial charge is 0.0809 e. The second-order valence-corrected chi connectivity index (χ2v) is 4.89. The molecule has 1 aliphatic rings. The minimum absolute atomic E-state index is 0. The number of hydrogen-bond donors (Lipinski definition) is 1. The fraction of sp³-hybridized carbons (Fsp3) is 0.333. The van der Waals surface area contributed by atoms with Crippen molar-refractivity contribution in [2.75, 3.05) is 5.75 Å². The van der Waals surface area contributed by atoms with Crippen LogP contribution >= 0.6 is 27.7 Å². The van der Waals surface area contributed by atoms with E-state index in [1.54, 1.807) is 0 Å². The molecule has 0 fully saturated rings. The van der Waals surface area contributed by atoms with Gasteiger partial charge in [-0.1, -0.05) is 15.9 Å². The van der Waals surface area contributed by atoms with E-state index in [0.29, 0.717) is 0 Å². The van der Waals surface area contributed by atoms with Crippen LogP contribution in [0.15, 0.2) is 27.6 Å². The number of halogens is 1. The molecule has 0 aromatic heterocycles. The summed E-state index contributed by atoms with van der Waals surface area (Å²) in [6, 6.07) is 6.09. The molecule has 2 rings (SSSR count). The molecule has 0 spiro atoms. The van der Waals surface area contributed by atoms with Gasteiger partial charge in [-0.3, -0.25) is 0 Å². The summed E-state index contributed by atoms with van der Waals surface area (Å²) in [5, 5.41) is 9.65. The van der Waals surface area contributed by atoms with Crippen LogP contribution < -0.4 is 0 Å². The first-order chi connectivity index (χ1) is 5.77. The Hall–Kier alpha value is 1.01. The van der Waals surface area contributed by atoms with Gasteiger partial charge in [-0.05, 0) is 30.2 Å². The molecule has 0 saturated heterocycles. The summed E-state index contributed by atoms with van der Waals surface area (Å²) < 4.78 is 1.04. The number of rotatable bonds is 0. The second kappa shape index (κ2) is 5.19. The van der Waals surface area contributed by atoms with E-state index in [4.69, 9.17) is 0 Å². The molecular formula is C9H9BrNaOS. The summed E-state index contributed by atoms with van der Waals surface area (Å²) in [6.45, 7) is 0. The molecule has 1 radical (unpaired) electrons. The Balaban J connectivity index is 0.000000845. The van der Waals surface area contributed by atoms with Gasteiger partial charge in [0.25, 0.3) is 0 Å². The van der Waals surface area contributed by atoms with Crippen molar-refractivity contribution in [1.29, 1.82) is 0 Å². The first-order valence-corrected chi connectivity index (χ1v) is 5.65. The van der Waals surface area contributed by atoms with Gasteiger partial charge in [0.05, 0.1) is 6.10 Å². The van der Waals surface area contributed by atoms with Gasteiger partial charge in [0.15, 0.2) is 0 Å². The number of hydrogen-bond acceptors (Lipinski definition) is 2. The monoisotopic (exact) mass is 267 g/mol. The van der Waals surface area contributed by atoms with E-state index in [1.165, 1.54) is 4.90 Å². The molecule has 0 saturated carbocycles. The van der Waals surface area contributed by atoms with Crippen LogP contribution in [-0.2, 0) is 0 Å². The molecule has 1 aromatic rings. The van der Waals surface area contributed by atoms with Crippen molar-refractivity contribution in [1.82, 2.24) is 0 Å². The van der Waals surface area contributed by atoms with Crippen molar-refractivity contribution < 1.29 is 5.11 Å². The van der Waals surface area contributed by atoms with Gasteiger partial charge in [0.1, 0.15) is 0 Å². The molecule has 1 N–H and O–H groups in total. The maximum Gasteiger partial charge on any atom is 0.0809 e. The standard InChI is InChI=1S/C9H9BrOS.Na/c10-6-1-2-9-7(5-6)8(11)3-4-12-9;/h1-2,5,8,11H,3-4H2;. The number of benzene rings is 1. The molecule has 65 valence electrons. The molecular weight excluding hydrogens is 259 g/mol. The van der Waals surface area contributed by atoms with Crippen molar-refractivity contribution in [3.05, 3.63) is 28.2 Å². The third-order valence-corrected chi connectivity index (χ3v) is 3.60. The summed E-state index contributed by atoms with van der Waals surface area (Å²) in [6.07, 6.45) is 0.604. The minimum Gasteiger partial charge on any atom is -0.388 e. The third-order valence-electron chi connectivity index (χ3n) is 1.98. The van der Waals surface area contributed by atoms with Crippen molar-refractivity contribution in [2.24, 2.45) is 0 Å². The molecule has 1 nitrogen and oxygen atoms in total.